The molecule has 0 aromatic heterocycles. The van der Waals surface area contributed by atoms with Crippen molar-refractivity contribution in [2.24, 2.45) is 0 Å². The number of ether oxygens (including phenoxy) is 2. The summed E-state index contributed by atoms with van der Waals surface area (Å²) in [6, 6.07) is 0. The number of hydrogen-bond donors (Lipinski definition) is 2. The maximum absolute atomic E-state index is 11.8. The standard InChI is InChI=1S/C13H22N4O6/c1-5-22-12(20)14-10-11(15-13(21)23-6-2)17(9(4)19)7-16(10)8(3)18/h10-11H,5-7H2,1-4H3,(H,14,20)(H,15,21). The SMILES string of the molecule is CCOC(=O)NC1C(NC(=O)OCC)N(C(C)=O)CN1C(C)=O. The Labute approximate surface area is 134 Å². The summed E-state index contributed by atoms with van der Waals surface area (Å²) in [5.74, 6) is -0.739. The van der Waals surface area contributed by atoms with Gasteiger partial charge in [-0.25, -0.2) is 9.59 Å². The van der Waals surface area contributed by atoms with Crippen molar-refractivity contribution in [1.29, 1.82) is 0 Å². The molecule has 0 radical (unpaired) electrons. The number of carbonyl (C=O) groups is 4. The molecule has 0 aromatic rings. The minimum Gasteiger partial charge on any atom is -0.450 e. The van der Waals surface area contributed by atoms with E-state index in [1.54, 1.807) is 13.8 Å². The van der Waals surface area contributed by atoms with E-state index >= 15 is 0 Å². The molecule has 1 heterocycles. The largest absolute Gasteiger partial charge is 0.450 e. The summed E-state index contributed by atoms with van der Waals surface area (Å²) in [4.78, 5) is 49.4. The molecule has 2 unspecified atom stereocenters. The van der Waals surface area contributed by atoms with Crippen molar-refractivity contribution >= 4 is 24.0 Å². The smallest absolute Gasteiger partial charge is 0.408 e. The summed E-state index contributed by atoms with van der Waals surface area (Å²) in [6.45, 7) is 6.07. The summed E-state index contributed by atoms with van der Waals surface area (Å²) < 4.78 is 9.59. The molecule has 0 aromatic carbocycles. The normalized spacial score (nSPS) is 20.0. The second-order valence-corrected chi connectivity index (χ2v) is 4.74. The minimum absolute atomic E-state index is 0.0706. The van der Waals surface area contributed by atoms with Crippen LogP contribution in [-0.4, -0.2) is 66.0 Å². The van der Waals surface area contributed by atoms with Crippen LogP contribution in [0.1, 0.15) is 27.7 Å². The Morgan fingerprint density at radius 3 is 1.48 bits per heavy atom. The van der Waals surface area contributed by atoms with Crippen LogP contribution >= 0.6 is 0 Å². The number of nitrogens with zero attached hydrogens (tertiary/aromatic N) is 2. The van der Waals surface area contributed by atoms with Crippen LogP contribution in [0.5, 0.6) is 0 Å². The van der Waals surface area contributed by atoms with Crippen molar-refractivity contribution in [1.82, 2.24) is 20.4 Å². The highest BCUT2D eigenvalue weighted by atomic mass is 16.6. The van der Waals surface area contributed by atoms with Crippen LogP contribution in [0.25, 0.3) is 0 Å². The Balaban J connectivity index is 3.01. The molecule has 1 saturated heterocycles. The van der Waals surface area contributed by atoms with E-state index in [4.69, 9.17) is 9.47 Å². The molecule has 10 heteroatoms. The average molecular weight is 330 g/mol. The first-order valence-electron chi connectivity index (χ1n) is 7.22. The first kappa shape index (κ1) is 18.5. The fraction of sp³-hybridized carbons (Fsp3) is 0.692. The molecule has 1 aliphatic heterocycles. The van der Waals surface area contributed by atoms with Gasteiger partial charge in [0.2, 0.25) is 11.8 Å². The molecular formula is C13H22N4O6. The lowest BCUT2D eigenvalue weighted by atomic mass is 10.3. The van der Waals surface area contributed by atoms with Gasteiger partial charge in [0.05, 0.1) is 19.9 Å². The zero-order chi connectivity index (χ0) is 17.6. The van der Waals surface area contributed by atoms with Gasteiger partial charge in [-0.1, -0.05) is 0 Å². The van der Waals surface area contributed by atoms with Crippen LogP contribution in [0, 0.1) is 0 Å². The average Bonchev–Trinajstić information content (AvgIpc) is 2.78. The van der Waals surface area contributed by atoms with Crippen LogP contribution < -0.4 is 10.6 Å². The van der Waals surface area contributed by atoms with E-state index in [-0.39, 0.29) is 31.7 Å². The van der Waals surface area contributed by atoms with Crippen LogP contribution in [0.4, 0.5) is 9.59 Å². The van der Waals surface area contributed by atoms with Crippen molar-refractivity contribution in [2.75, 3.05) is 19.9 Å². The molecule has 1 rings (SSSR count). The van der Waals surface area contributed by atoms with E-state index in [2.05, 4.69) is 10.6 Å². The summed E-state index contributed by atoms with van der Waals surface area (Å²) in [6.07, 6.45) is -3.44. The molecule has 1 aliphatic rings. The lowest BCUT2D eigenvalue weighted by molar-refractivity contribution is -0.132. The molecule has 1 fully saturated rings. The third-order valence-corrected chi connectivity index (χ3v) is 3.17. The minimum atomic E-state index is -0.958. The fourth-order valence-electron chi connectivity index (χ4n) is 2.17. The van der Waals surface area contributed by atoms with E-state index < -0.39 is 24.5 Å². The van der Waals surface area contributed by atoms with Gasteiger partial charge in [0.15, 0.2) is 0 Å². The lowest BCUT2D eigenvalue weighted by Crippen LogP contribution is -2.58. The highest BCUT2D eigenvalue weighted by Gasteiger charge is 2.45. The Hall–Kier alpha value is -2.52. The number of alkyl carbamates (subject to hydrolysis) is 2. The Morgan fingerprint density at radius 2 is 1.22 bits per heavy atom. The molecule has 4 amide bonds. The second-order valence-electron chi connectivity index (χ2n) is 4.74. The van der Waals surface area contributed by atoms with Gasteiger partial charge in [-0.05, 0) is 13.8 Å². The number of hydrogen-bond acceptors (Lipinski definition) is 6. The van der Waals surface area contributed by atoms with Crippen LogP contribution in [0.15, 0.2) is 0 Å². The third kappa shape index (κ3) is 4.73. The summed E-state index contributed by atoms with van der Waals surface area (Å²) in [5, 5.41) is 4.95. The molecule has 130 valence electrons. The van der Waals surface area contributed by atoms with Crippen molar-refractivity contribution in [3.63, 3.8) is 0 Å². The summed E-state index contributed by atoms with van der Waals surface area (Å²) in [5.41, 5.74) is 0. The number of nitrogens with one attached hydrogen (secondary N) is 2. The van der Waals surface area contributed by atoms with Gasteiger partial charge in [0.1, 0.15) is 12.3 Å². The van der Waals surface area contributed by atoms with Crippen LogP contribution in [-0.2, 0) is 19.1 Å². The molecule has 2 atom stereocenters. The number of amides is 4. The monoisotopic (exact) mass is 330 g/mol. The molecule has 2 N–H and O–H groups in total. The van der Waals surface area contributed by atoms with E-state index in [0.717, 1.165) is 0 Å². The van der Waals surface area contributed by atoms with Gasteiger partial charge in [-0.2, -0.15) is 0 Å². The Kier molecular flexibility index (Phi) is 6.61. The van der Waals surface area contributed by atoms with E-state index in [9.17, 15) is 19.2 Å². The zero-order valence-electron chi connectivity index (χ0n) is 13.6. The fourth-order valence-corrected chi connectivity index (χ4v) is 2.17. The van der Waals surface area contributed by atoms with Crippen molar-refractivity contribution in [3.8, 4) is 0 Å². The highest BCUT2D eigenvalue weighted by Crippen LogP contribution is 2.18. The summed E-state index contributed by atoms with van der Waals surface area (Å²) in [7, 11) is 0. The predicted octanol–water partition coefficient (Wildman–Crippen LogP) is -0.201. The van der Waals surface area contributed by atoms with E-state index in [0.29, 0.717) is 0 Å². The molecule has 0 saturated carbocycles. The quantitative estimate of drug-likeness (QED) is 0.737. The number of carbonyl (C=O) groups excluding carboxylic acids is 4. The molecule has 0 aliphatic carbocycles. The van der Waals surface area contributed by atoms with Crippen LogP contribution in [0.3, 0.4) is 0 Å². The van der Waals surface area contributed by atoms with Gasteiger partial charge >= 0.3 is 12.2 Å². The lowest BCUT2D eigenvalue weighted by Gasteiger charge is -2.28. The van der Waals surface area contributed by atoms with Crippen molar-refractivity contribution < 1.29 is 28.7 Å². The number of rotatable bonds is 4. The third-order valence-electron chi connectivity index (χ3n) is 3.17. The predicted molar refractivity (Wildman–Crippen MR) is 77.8 cm³/mol. The first-order chi connectivity index (χ1) is 10.8. The van der Waals surface area contributed by atoms with Gasteiger partial charge in [-0.15, -0.1) is 0 Å². The Morgan fingerprint density at radius 1 is 0.870 bits per heavy atom. The first-order valence-corrected chi connectivity index (χ1v) is 7.22. The highest BCUT2D eigenvalue weighted by molar-refractivity contribution is 5.80. The topological polar surface area (TPSA) is 117 Å². The van der Waals surface area contributed by atoms with Crippen LogP contribution in [0.2, 0.25) is 0 Å². The summed E-state index contributed by atoms with van der Waals surface area (Å²) >= 11 is 0. The second kappa shape index (κ2) is 8.20. The van der Waals surface area contributed by atoms with Crippen molar-refractivity contribution in [3.05, 3.63) is 0 Å². The van der Waals surface area contributed by atoms with Gasteiger partial charge < -0.3 is 19.3 Å². The van der Waals surface area contributed by atoms with E-state index in [1.807, 2.05) is 0 Å². The molecular weight excluding hydrogens is 308 g/mol. The molecule has 10 nitrogen and oxygen atoms in total. The zero-order valence-corrected chi connectivity index (χ0v) is 13.6. The molecule has 0 bridgehead atoms. The van der Waals surface area contributed by atoms with Gasteiger partial charge in [0, 0.05) is 13.8 Å². The molecule has 0 spiro atoms. The van der Waals surface area contributed by atoms with Crippen molar-refractivity contribution in [2.45, 2.75) is 40.0 Å². The maximum atomic E-state index is 11.8. The van der Waals surface area contributed by atoms with E-state index in [1.165, 1.54) is 23.6 Å². The Bertz CT molecular complexity index is 441. The van der Waals surface area contributed by atoms with Gasteiger partial charge in [0.25, 0.3) is 0 Å². The van der Waals surface area contributed by atoms with Gasteiger partial charge in [-0.3, -0.25) is 20.2 Å². The molecule has 23 heavy (non-hydrogen) atoms. The maximum Gasteiger partial charge on any atom is 0.408 e.